The molecular weight excluding hydrogens is 224 g/mol. The van der Waals surface area contributed by atoms with E-state index in [0.29, 0.717) is 12.6 Å². The standard InChI is InChI=1S/C15H26N2O/c1-4-13(2)17(3)10-5-11-18-15-8-6-14(12-16)7-9-15/h6-9,13H,4-5,10-12,16H2,1-3H3. The van der Waals surface area contributed by atoms with E-state index in [1.807, 2.05) is 24.3 Å². The van der Waals surface area contributed by atoms with Gasteiger partial charge < -0.3 is 15.4 Å². The molecule has 1 atom stereocenters. The quantitative estimate of drug-likeness (QED) is 0.721. The first-order valence-corrected chi connectivity index (χ1v) is 6.79. The summed E-state index contributed by atoms with van der Waals surface area (Å²) in [7, 11) is 2.17. The zero-order chi connectivity index (χ0) is 13.4. The van der Waals surface area contributed by atoms with Crippen LogP contribution in [-0.4, -0.2) is 31.1 Å². The molecule has 0 aromatic heterocycles. The van der Waals surface area contributed by atoms with Crippen molar-refractivity contribution in [2.75, 3.05) is 20.2 Å². The van der Waals surface area contributed by atoms with Crippen molar-refractivity contribution >= 4 is 0 Å². The molecule has 0 fully saturated rings. The Balaban J connectivity index is 2.21. The van der Waals surface area contributed by atoms with Gasteiger partial charge in [-0.15, -0.1) is 0 Å². The smallest absolute Gasteiger partial charge is 0.119 e. The molecule has 1 aromatic rings. The molecule has 0 saturated carbocycles. The average molecular weight is 250 g/mol. The molecule has 1 rings (SSSR count). The third-order valence-electron chi connectivity index (χ3n) is 3.43. The van der Waals surface area contributed by atoms with E-state index < -0.39 is 0 Å². The fourth-order valence-electron chi connectivity index (χ4n) is 1.76. The van der Waals surface area contributed by atoms with Gasteiger partial charge in [0.1, 0.15) is 5.75 Å². The van der Waals surface area contributed by atoms with Crippen LogP contribution in [0.25, 0.3) is 0 Å². The van der Waals surface area contributed by atoms with Crippen LogP contribution < -0.4 is 10.5 Å². The Labute approximate surface area is 111 Å². The van der Waals surface area contributed by atoms with Crippen LogP contribution in [0.15, 0.2) is 24.3 Å². The van der Waals surface area contributed by atoms with Gasteiger partial charge in [0, 0.05) is 19.1 Å². The van der Waals surface area contributed by atoms with Gasteiger partial charge in [-0.2, -0.15) is 0 Å². The van der Waals surface area contributed by atoms with E-state index in [1.54, 1.807) is 0 Å². The van der Waals surface area contributed by atoms with Crippen molar-refractivity contribution in [3.05, 3.63) is 29.8 Å². The molecule has 0 aliphatic rings. The number of hydrogen-bond acceptors (Lipinski definition) is 3. The molecule has 0 aliphatic heterocycles. The second-order valence-corrected chi connectivity index (χ2v) is 4.79. The second-order valence-electron chi connectivity index (χ2n) is 4.79. The fourth-order valence-corrected chi connectivity index (χ4v) is 1.76. The molecule has 3 heteroatoms. The zero-order valence-corrected chi connectivity index (χ0v) is 11.9. The van der Waals surface area contributed by atoms with Gasteiger partial charge >= 0.3 is 0 Å². The van der Waals surface area contributed by atoms with E-state index in [1.165, 1.54) is 6.42 Å². The highest BCUT2D eigenvalue weighted by atomic mass is 16.5. The van der Waals surface area contributed by atoms with Crippen LogP contribution in [0.1, 0.15) is 32.3 Å². The first kappa shape index (κ1) is 15.0. The summed E-state index contributed by atoms with van der Waals surface area (Å²) in [5.41, 5.74) is 6.69. The average Bonchev–Trinajstić information content (AvgIpc) is 2.43. The lowest BCUT2D eigenvalue weighted by Gasteiger charge is -2.23. The van der Waals surface area contributed by atoms with Crippen LogP contribution in [0.3, 0.4) is 0 Å². The highest BCUT2D eigenvalue weighted by Gasteiger charge is 2.05. The van der Waals surface area contributed by atoms with Crippen molar-refractivity contribution in [2.24, 2.45) is 5.73 Å². The number of hydrogen-bond donors (Lipinski definition) is 1. The summed E-state index contributed by atoms with van der Waals surface area (Å²) in [6.07, 6.45) is 2.25. The molecule has 18 heavy (non-hydrogen) atoms. The third-order valence-corrected chi connectivity index (χ3v) is 3.43. The third kappa shape index (κ3) is 5.07. The molecule has 1 unspecified atom stereocenters. The normalized spacial score (nSPS) is 12.7. The van der Waals surface area contributed by atoms with Gasteiger partial charge in [0.15, 0.2) is 0 Å². The van der Waals surface area contributed by atoms with E-state index in [0.717, 1.165) is 30.9 Å². The molecule has 2 N–H and O–H groups in total. The van der Waals surface area contributed by atoms with Crippen LogP contribution in [0.5, 0.6) is 5.75 Å². The van der Waals surface area contributed by atoms with E-state index in [-0.39, 0.29) is 0 Å². The van der Waals surface area contributed by atoms with Crippen molar-refractivity contribution in [1.29, 1.82) is 0 Å². The lowest BCUT2D eigenvalue weighted by Crippen LogP contribution is -2.30. The minimum Gasteiger partial charge on any atom is -0.494 e. The largest absolute Gasteiger partial charge is 0.494 e. The van der Waals surface area contributed by atoms with Crippen molar-refractivity contribution in [2.45, 2.75) is 39.3 Å². The van der Waals surface area contributed by atoms with Crippen molar-refractivity contribution in [1.82, 2.24) is 4.90 Å². The molecule has 0 spiro atoms. The van der Waals surface area contributed by atoms with Crippen LogP contribution in [0.4, 0.5) is 0 Å². The van der Waals surface area contributed by atoms with E-state index >= 15 is 0 Å². The summed E-state index contributed by atoms with van der Waals surface area (Å²) >= 11 is 0. The summed E-state index contributed by atoms with van der Waals surface area (Å²) in [4.78, 5) is 2.38. The molecule has 3 nitrogen and oxygen atoms in total. The maximum atomic E-state index is 5.70. The Morgan fingerprint density at radius 3 is 2.50 bits per heavy atom. The molecule has 0 bridgehead atoms. The molecule has 0 amide bonds. The number of rotatable bonds is 8. The number of benzene rings is 1. The van der Waals surface area contributed by atoms with Gasteiger partial charge in [-0.25, -0.2) is 0 Å². The molecule has 102 valence electrons. The topological polar surface area (TPSA) is 38.5 Å². The monoisotopic (exact) mass is 250 g/mol. The molecular formula is C15H26N2O. The van der Waals surface area contributed by atoms with Gasteiger partial charge in [-0.05, 0) is 44.5 Å². The Kier molecular flexibility index (Phi) is 6.76. The summed E-state index contributed by atoms with van der Waals surface area (Å²) in [5, 5.41) is 0. The van der Waals surface area contributed by atoms with E-state index in [4.69, 9.17) is 10.5 Å². The first-order valence-electron chi connectivity index (χ1n) is 6.79. The van der Waals surface area contributed by atoms with Crippen molar-refractivity contribution < 1.29 is 4.74 Å². The van der Waals surface area contributed by atoms with Gasteiger partial charge in [0.2, 0.25) is 0 Å². The van der Waals surface area contributed by atoms with Crippen molar-refractivity contribution in [3.63, 3.8) is 0 Å². The lowest BCUT2D eigenvalue weighted by molar-refractivity contribution is 0.220. The number of nitrogens with zero attached hydrogens (tertiary/aromatic N) is 1. The number of ether oxygens (including phenoxy) is 1. The van der Waals surface area contributed by atoms with Crippen LogP contribution in [0, 0.1) is 0 Å². The van der Waals surface area contributed by atoms with Gasteiger partial charge in [0.25, 0.3) is 0 Å². The van der Waals surface area contributed by atoms with Crippen LogP contribution >= 0.6 is 0 Å². The Morgan fingerprint density at radius 2 is 1.94 bits per heavy atom. The Bertz CT molecular complexity index is 324. The molecule has 0 radical (unpaired) electrons. The maximum Gasteiger partial charge on any atom is 0.119 e. The van der Waals surface area contributed by atoms with E-state index in [9.17, 15) is 0 Å². The van der Waals surface area contributed by atoms with Gasteiger partial charge in [-0.1, -0.05) is 19.1 Å². The fraction of sp³-hybridized carbons (Fsp3) is 0.600. The number of nitrogens with two attached hydrogens (primary N) is 1. The summed E-state index contributed by atoms with van der Waals surface area (Å²) < 4.78 is 5.70. The highest BCUT2D eigenvalue weighted by Crippen LogP contribution is 2.12. The van der Waals surface area contributed by atoms with Crippen molar-refractivity contribution in [3.8, 4) is 5.75 Å². The summed E-state index contributed by atoms with van der Waals surface area (Å²) in [6.45, 7) is 6.90. The first-order chi connectivity index (χ1) is 8.67. The second kappa shape index (κ2) is 8.11. The zero-order valence-electron chi connectivity index (χ0n) is 11.9. The van der Waals surface area contributed by atoms with Gasteiger partial charge in [-0.3, -0.25) is 0 Å². The Hall–Kier alpha value is -1.06. The predicted octanol–water partition coefficient (Wildman–Crippen LogP) is 2.64. The molecule has 0 aliphatic carbocycles. The summed E-state index contributed by atoms with van der Waals surface area (Å²) in [5.74, 6) is 0.929. The van der Waals surface area contributed by atoms with Gasteiger partial charge in [0.05, 0.1) is 6.61 Å². The SMILES string of the molecule is CCC(C)N(C)CCCOc1ccc(CN)cc1. The minimum atomic E-state index is 0.583. The Morgan fingerprint density at radius 1 is 1.28 bits per heavy atom. The lowest BCUT2D eigenvalue weighted by atomic mass is 10.2. The highest BCUT2D eigenvalue weighted by molar-refractivity contribution is 5.26. The van der Waals surface area contributed by atoms with Crippen LogP contribution in [-0.2, 0) is 6.54 Å². The van der Waals surface area contributed by atoms with Crippen LogP contribution in [0.2, 0.25) is 0 Å². The maximum absolute atomic E-state index is 5.70. The molecule has 1 aromatic carbocycles. The predicted molar refractivity (Wildman–Crippen MR) is 76.8 cm³/mol. The van der Waals surface area contributed by atoms with E-state index in [2.05, 4.69) is 25.8 Å². The molecule has 0 heterocycles. The summed E-state index contributed by atoms with van der Waals surface area (Å²) in [6, 6.07) is 8.65. The minimum absolute atomic E-state index is 0.583. The molecule has 0 saturated heterocycles.